The van der Waals surface area contributed by atoms with Gasteiger partial charge in [-0.2, -0.15) is 0 Å². The Morgan fingerprint density at radius 1 is 1.25 bits per heavy atom. The van der Waals surface area contributed by atoms with Crippen molar-refractivity contribution in [3.63, 3.8) is 0 Å². The molecule has 1 saturated heterocycles. The van der Waals surface area contributed by atoms with Gasteiger partial charge in [0.05, 0.1) is 0 Å². The van der Waals surface area contributed by atoms with Gasteiger partial charge in [0.15, 0.2) is 0 Å². The number of nitrogens with zero attached hydrogens (tertiary/aromatic N) is 1. The number of nitrogens with one attached hydrogen (secondary N) is 1. The maximum atomic E-state index is 11.5. The van der Waals surface area contributed by atoms with Crippen molar-refractivity contribution in [3.8, 4) is 0 Å². The molecule has 3 N–H and O–H groups in total. The summed E-state index contributed by atoms with van der Waals surface area (Å²) in [6.07, 6.45) is 0.913. The Morgan fingerprint density at radius 3 is 2.50 bits per heavy atom. The zero-order chi connectivity index (χ0) is 11.5. The van der Waals surface area contributed by atoms with Crippen LogP contribution in [0.4, 0.5) is 10.5 Å². The third-order valence-corrected chi connectivity index (χ3v) is 2.58. The normalized spacial score (nSPS) is 15.9. The second-order valence-corrected chi connectivity index (χ2v) is 3.70. The predicted octanol–water partition coefficient (Wildman–Crippen LogP) is -0.714. The van der Waals surface area contributed by atoms with Crippen molar-refractivity contribution in [2.45, 2.75) is 6.42 Å². The summed E-state index contributed by atoms with van der Waals surface area (Å²) in [6.45, 7) is 1.40. The molecule has 0 radical (unpaired) electrons. The van der Waals surface area contributed by atoms with Crippen LogP contribution in [0.1, 0.15) is 6.42 Å². The smallest absolute Gasteiger partial charge is 0.423 e. The molecule has 1 aliphatic rings. The Kier molecular flexibility index (Phi) is 3.12. The summed E-state index contributed by atoms with van der Waals surface area (Å²) in [7, 11) is -1.47. The van der Waals surface area contributed by atoms with Crippen molar-refractivity contribution in [1.29, 1.82) is 0 Å². The van der Waals surface area contributed by atoms with Gasteiger partial charge in [-0.3, -0.25) is 4.90 Å². The highest BCUT2D eigenvalue weighted by Crippen LogP contribution is 2.14. The Morgan fingerprint density at radius 2 is 1.94 bits per heavy atom. The van der Waals surface area contributed by atoms with Crippen molar-refractivity contribution in [2.75, 3.05) is 18.0 Å². The maximum absolute atomic E-state index is 11.5. The molecular formula is C10H13BN2O3. The number of benzene rings is 1. The minimum Gasteiger partial charge on any atom is -0.423 e. The van der Waals surface area contributed by atoms with Gasteiger partial charge in [0.2, 0.25) is 0 Å². The van der Waals surface area contributed by atoms with Gasteiger partial charge >= 0.3 is 13.1 Å². The average molecular weight is 220 g/mol. The minimum absolute atomic E-state index is 0.108. The first kappa shape index (κ1) is 11.0. The molecule has 0 bridgehead atoms. The summed E-state index contributed by atoms with van der Waals surface area (Å²) in [5.74, 6) is 0. The van der Waals surface area contributed by atoms with Crippen LogP contribution in [0.5, 0.6) is 0 Å². The van der Waals surface area contributed by atoms with E-state index in [2.05, 4.69) is 5.32 Å². The largest absolute Gasteiger partial charge is 0.488 e. The van der Waals surface area contributed by atoms with Gasteiger partial charge in [0.25, 0.3) is 0 Å². The van der Waals surface area contributed by atoms with E-state index in [0.717, 1.165) is 12.1 Å². The lowest BCUT2D eigenvalue weighted by atomic mass is 9.80. The van der Waals surface area contributed by atoms with Gasteiger partial charge < -0.3 is 15.4 Å². The molecule has 1 aromatic carbocycles. The number of anilines is 1. The van der Waals surface area contributed by atoms with Crippen LogP contribution in [0, 0.1) is 0 Å². The van der Waals surface area contributed by atoms with Crippen LogP contribution in [0.25, 0.3) is 0 Å². The molecule has 0 aromatic heterocycles. The van der Waals surface area contributed by atoms with E-state index >= 15 is 0 Å². The lowest BCUT2D eigenvalue weighted by Gasteiger charge is -2.27. The first-order valence-corrected chi connectivity index (χ1v) is 5.20. The van der Waals surface area contributed by atoms with Crippen LogP contribution in [0.2, 0.25) is 0 Å². The van der Waals surface area contributed by atoms with Crippen LogP contribution >= 0.6 is 0 Å². The lowest BCUT2D eigenvalue weighted by Crippen LogP contribution is -2.46. The van der Waals surface area contributed by atoms with E-state index in [1.165, 1.54) is 0 Å². The van der Waals surface area contributed by atoms with E-state index in [4.69, 9.17) is 10.0 Å². The lowest BCUT2D eigenvalue weighted by molar-refractivity contribution is 0.243. The van der Waals surface area contributed by atoms with E-state index in [9.17, 15) is 4.79 Å². The molecule has 1 aromatic rings. The Hall–Kier alpha value is -1.53. The molecule has 1 fully saturated rings. The zero-order valence-corrected chi connectivity index (χ0v) is 8.76. The van der Waals surface area contributed by atoms with Crippen LogP contribution in [0.3, 0.4) is 0 Å². The first-order chi connectivity index (χ1) is 7.68. The molecule has 0 atom stereocenters. The first-order valence-electron chi connectivity index (χ1n) is 5.20. The molecule has 84 valence electrons. The van der Waals surface area contributed by atoms with Crippen molar-refractivity contribution >= 4 is 24.3 Å². The number of carbonyl (C=O) groups excluding carboxylic acids is 1. The quantitative estimate of drug-likeness (QED) is 0.576. The second-order valence-electron chi connectivity index (χ2n) is 3.70. The highest BCUT2D eigenvalue weighted by Gasteiger charge is 2.19. The highest BCUT2D eigenvalue weighted by atomic mass is 16.4. The van der Waals surface area contributed by atoms with E-state index in [-0.39, 0.29) is 6.03 Å². The Bertz CT molecular complexity index is 380. The number of amides is 2. The van der Waals surface area contributed by atoms with Gasteiger partial charge in [0, 0.05) is 18.8 Å². The van der Waals surface area contributed by atoms with Gasteiger partial charge in [0.1, 0.15) is 0 Å². The van der Waals surface area contributed by atoms with E-state index in [0.29, 0.717) is 18.6 Å². The number of rotatable bonds is 2. The van der Waals surface area contributed by atoms with Gasteiger partial charge in [-0.25, -0.2) is 4.79 Å². The molecule has 1 aliphatic heterocycles. The fourth-order valence-electron chi connectivity index (χ4n) is 1.70. The Labute approximate surface area is 93.8 Å². The van der Waals surface area contributed by atoms with E-state index in [1.807, 2.05) is 0 Å². The topological polar surface area (TPSA) is 72.8 Å². The van der Waals surface area contributed by atoms with Crippen LogP contribution in [-0.2, 0) is 0 Å². The average Bonchev–Trinajstić information content (AvgIpc) is 2.30. The number of hydrogen-bond acceptors (Lipinski definition) is 3. The fourth-order valence-corrected chi connectivity index (χ4v) is 1.70. The molecule has 2 rings (SSSR count). The van der Waals surface area contributed by atoms with Crippen molar-refractivity contribution in [3.05, 3.63) is 24.3 Å². The molecule has 0 aliphatic carbocycles. The SMILES string of the molecule is O=C1NCCCN1c1ccc(B(O)O)cc1. The summed E-state index contributed by atoms with van der Waals surface area (Å²) >= 11 is 0. The molecule has 0 saturated carbocycles. The minimum atomic E-state index is -1.47. The van der Waals surface area contributed by atoms with Crippen molar-refractivity contribution in [1.82, 2.24) is 5.32 Å². The number of hydrogen-bond donors (Lipinski definition) is 3. The fraction of sp³-hybridized carbons (Fsp3) is 0.300. The highest BCUT2D eigenvalue weighted by molar-refractivity contribution is 6.58. The summed E-state index contributed by atoms with van der Waals surface area (Å²) in [5, 5.41) is 20.6. The molecule has 2 amide bonds. The third-order valence-electron chi connectivity index (χ3n) is 2.58. The molecule has 5 nitrogen and oxygen atoms in total. The van der Waals surface area contributed by atoms with Crippen LogP contribution < -0.4 is 15.7 Å². The van der Waals surface area contributed by atoms with Gasteiger partial charge in [-0.1, -0.05) is 12.1 Å². The van der Waals surface area contributed by atoms with Gasteiger partial charge in [-0.05, 0) is 24.0 Å². The van der Waals surface area contributed by atoms with Crippen LogP contribution in [-0.4, -0.2) is 36.3 Å². The van der Waals surface area contributed by atoms with E-state index < -0.39 is 7.12 Å². The summed E-state index contributed by atoms with van der Waals surface area (Å²) in [4.78, 5) is 13.2. The summed E-state index contributed by atoms with van der Waals surface area (Å²) in [6, 6.07) is 6.51. The molecule has 16 heavy (non-hydrogen) atoms. The molecule has 0 spiro atoms. The molecule has 0 unspecified atom stereocenters. The predicted molar refractivity (Wildman–Crippen MR) is 61.6 cm³/mol. The van der Waals surface area contributed by atoms with E-state index in [1.54, 1.807) is 29.2 Å². The third kappa shape index (κ3) is 2.18. The summed E-state index contributed by atoms with van der Waals surface area (Å²) in [5.41, 5.74) is 1.18. The van der Waals surface area contributed by atoms with Crippen molar-refractivity contribution in [2.24, 2.45) is 0 Å². The van der Waals surface area contributed by atoms with Crippen molar-refractivity contribution < 1.29 is 14.8 Å². The van der Waals surface area contributed by atoms with Crippen LogP contribution in [0.15, 0.2) is 24.3 Å². The second kappa shape index (κ2) is 4.55. The molecule has 1 heterocycles. The summed E-state index contributed by atoms with van der Waals surface area (Å²) < 4.78 is 0. The zero-order valence-electron chi connectivity index (χ0n) is 8.76. The number of carbonyl (C=O) groups is 1. The Balaban J connectivity index is 2.17. The molecular weight excluding hydrogens is 207 g/mol. The number of urea groups is 1. The molecule has 6 heteroatoms. The van der Waals surface area contributed by atoms with Gasteiger partial charge in [-0.15, -0.1) is 0 Å². The monoisotopic (exact) mass is 220 g/mol. The maximum Gasteiger partial charge on any atom is 0.488 e. The standard InChI is InChI=1S/C10H13BN2O3/c14-10-12-6-1-7-13(10)9-4-2-8(3-5-9)11(15)16/h2-5,15-16H,1,6-7H2,(H,12,14).